The van der Waals surface area contributed by atoms with Crippen molar-refractivity contribution in [1.29, 1.82) is 0 Å². The van der Waals surface area contributed by atoms with E-state index in [1.54, 1.807) is 0 Å². The largest absolute Gasteiger partial charge is 0.506 e. The van der Waals surface area contributed by atoms with Crippen molar-refractivity contribution in [2.45, 2.75) is 0 Å². The fourth-order valence-electron chi connectivity index (χ4n) is 1.26. The van der Waals surface area contributed by atoms with Crippen LogP contribution in [0, 0.1) is 5.82 Å². The maximum absolute atomic E-state index is 13.1. The lowest BCUT2D eigenvalue weighted by molar-refractivity contribution is 0.0686. The molecule has 1 aromatic carbocycles. The van der Waals surface area contributed by atoms with Crippen molar-refractivity contribution in [3.8, 4) is 17.1 Å². The van der Waals surface area contributed by atoms with E-state index in [2.05, 4.69) is 21.1 Å². The topological polar surface area (TPSA) is 83.6 Å². The number of carbonyl (C=O) groups is 1. The fraction of sp³-hybridized carbons (Fsp3) is 0. The van der Waals surface area contributed by atoms with Crippen LogP contribution in [0.4, 0.5) is 4.39 Å². The molecule has 0 saturated heterocycles. The first-order valence-corrected chi connectivity index (χ1v) is 5.16. The van der Waals surface area contributed by atoms with E-state index in [9.17, 15) is 14.3 Å². The van der Waals surface area contributed by atoms with Crippen molar-refractivity contribution in [3.05, 3.63) is 34.2 Å². The number of benzene rings is 1. The lowest BCUT2D eigenvalue weighted by Crippen LogP contribution is -1.94. The molecule has 2 aromatic rings. The number of hydrogen-bond acceptors (Lipinski definition) is 4. The van der Waals surface area contributed by atoms with Crippen molar-refractivity contribution >= 4 is 21.9 Å². The molecule has 0 saturated carbocycles. The summed E-state index contributed by atoms with van der Waals surface area (Å²) in [6, 6.07) is 3.20. The molecule has 88 valence electrons. The number of phenols is 1. The van der Waals surface area contributed by atoms with E-state index in [4.69, 9.17) is 9.63 Å². The standard InChI is InChI=1S/C10H5BrFNO4/c11-6-2-4(12)1-5(9(6)14)8-3-7(10(15)16)13-17-8/h1-3,14H,(H,15,16). The summed E-state index contributed by atoms with van der Waals surface area (Å²) in [6.07, 6.45) is 0. The van der Waals surface area contributed by atoms with E-state index in [0.717, 1.165) is 18.2 Å². The second-order valence-corrected chi connectivity index (χ2v) is 4.02. The third-order valence-electron chi connectivity index (χ3n) is 2.02. The smallest absolute Gasteiger partial charge is 0.358 e. The van der Waals surface area contributed by atoms with Gasteiger partial charge in [0.2, 0.25) is 0 Å². The molecule has 0 radical (unpaired) electrons. The number of carboxylic acid groups (broad SMARTS) is 1. The number of phenolic OH excluding ortho intramolecular Hbond substituents is 1. The summed E-state index contributed by atoms with van der Waals surface area (Å²) >= 11 is 2.96. The lowest BCUT2D eigenvalue weighted by Gasteiger charge is -2.02. The van der Waals surface area contributed by atoms with Gasteiger partial charge in [0, 0.05) is 6.07 Å². The molecule has 0 atom stereocenters. The zero-order chi connectivity index (χ0) is 12.6. The Balaban J connectivity index is 2.56. The minimum atomic E-state index is -1.27. The van der Waals surface area contributed by atoms with Gasteiger partial charge in [0.25, 0.3) is 0 Å². The van der Waals surface area contributed by atoms with Crippen molar-refractivity contribution < 1.29 is 23.9 Å². The van der Waals surface area contributed by atoms with Crippen LogP contribution < -0.4 is 0 Å². The highest BCUT2D eigenvalue weighted by Gasteiger charge is 2.17. The Morgan fingerprint density at radius 1 is 1.41 bits per heavy atom. The molecule has 0 amide bonds. The summed E-state index contributed by atoms with van der Waals surface area (Å²) < 4.78 is 18.0. The van der Waals surface area contributed by atoms with Crippen LogP contribution in [0.3, 0.4) is 0 Å². The molecule has 0 aliphatic carbocycles. The Hall–Kier alpha value is -1.89. The molecular formula is C10H5BrFNO4. The second kappa shape index (κ2) is 4.17. The highest BCUT2D eigenvalue weighted by Crippen LogP contribution is 2.36. The predicted molar refractivity (Wildman–Crippen MR) is 58.2 cm³/mol. The molecule has 0 aliphatic rings. The quantitative estimate of drug-likeness (QED) is 0.891. The summed E-state index contributed by atoms with van der Waals surface area (Å²) in [4.78, 5) is 10.6. The molecule has 1 aromatic heterocycles. The second-order valence-electron chi connectivity index (χ2n) is 3.17. The van der Waals surface area contributed by atoms with E-state index >= 15 is 0 Å². The Morgan fingerprint density at radius 2 is 2.12 bits per heavy atom. The third-order valence-corrected chi connectivity index (χ3v) is 2.63. The Kier molecular flexibility index (Phi) is 2.84. The van der Waals surface area contributed by atoms with Gasteiger partial charge in [-0.3, -0.25) is 0 Å². The third kappa shape index (κ3) is 2.14. The minimum Gasteiger partial charge on any atom is -0.506 e. The number of nitrogens with zero attached hydrogens (tertiary/aromatic N) is 1. The van der Waals surface area contributed by atoms with Gasteiger partial charge in [0.1, 0.15) is 11.6 Å². The average Bonchev–Trinajstić information content (AvgIpc) is 2.72. The van der Waals surface area contributed by atoms with Gasteiger partial charge >= 0.3 is 5.97 Å². The number of rotatable bonds is 2. The van der Waals surface area contributed by atoms with Crippen LogP contribution in [0.25, 0.3) is 11.3 Å². The predicted octanol–water partition coefficient (Wildman–Crippen LogP) is 2.65. The lowest BCUT2D eigenvalue weighted by atomic mass is 10.1. The van der Waals surface area contributed by atoms with Gasteiger partial charge in [-0.05, 0) is 28.1 Å². The summed E-state index contributed by atoms with van der Waals surface area (Å²) in [5.41, 5.74) is -0.295. The van der Waals surface area contributed by atoms with Crippen LogP contribution in [0.1, 0.15) is 10.5 Å². The van der Waals surface area contributed by atoms with Crippen LogP contribution in [0.5, 0.6) is 5.75 Å². The first-order chi connectivity index (χ1) is 7.99. The summed E-state index contributed by atoms with van der Waals surface area (Å²) in [6.45, 7) is 0. The summed E-state index contributed by atoms with van der Waals surface area (Å²) in [5, 5.41) is 21.6. The van der Waals surface area contributed by atoms with Crippen LogP contribution >= 0.6 is 15.9 Å². The van der Waals surface area contributed by atoms with Crippen molar-refractivity contribution in [1.82, 2.24) is 5.16 Å². The van der Waals surface area contributed by atoms with E-state index in [1.165, 1.54) is 0 Å². The first-order valence-electron chi connectivity index (χ1n) is 4.37. The normalized spacial score (nSPS) is 10.5. The highest BCUT2D eigenvalue weighted by molar-refractivity contribution is 9.10. The molecule has 2 N–H and O–H groups in total. The molecular weight excluding hydrogens is 297 g/mol. The van der Waals surface area contributed by atoms with E-state index < -0.39 is 11.8 Å². The number of carboxylic acids is 1. The van der Waals surface area contributed by atoms with E-state index in [-0.39, 0.29) is 27.2 Å². The number of aromatic carboxylic acids is 1. The number of halogens is 2. The van der Waals surface area contributed by atoms with Crippen molar-refractivity contribution in [2.24, 2.45) is 0 Å². The van der Waals surface area contributed by atoms with Crippen LogP contribution in [0.15, 0.2) is 27.2 Å². The highest BCUT2D eigenvalue weighted by atomic mass is 79.9. The van der Waals surface area contributed by atoms with Crippen molar-refractivity contribution in [3.63, 3.8) is 0 Å². The zero-order valence-electron chi connectivity index (χ0n) is 8.15. The molecule has 17 heavy (non-hydrogen) atoms. The molecule has 5 nitrogen and oxygen atoms in total. The fourth-order valence-corrected chi connectivity index (χ4v) is 1.69. The van der Waals surface area contributed by atoms with Gasteiger partial charge < -0.3 is 14.7 Å². The number of aromatic nitrogens is 1. The van der Waals surface area contributed by atoms with E-state index in [1.807, 2.05) is 0 Å². The monoisotopic (exact) mass is 301 g/mol. The molecule has 0 spiro atoms. The Bertz CT molecular complexity index is 596. The minimum absolute atomic E-state index is 0.0249. The van der Waals surface area contributed by atoms with Gasteiger partial charge in [-0.1, -0.05) is 5.16 Å². The molecule has 0 fully saturated rings. The number of aromatic hydroxyl groups is 1. The van der Waals surface area contributed by atoms with Crippen LogP contribution in [0.2, 0.25) is 0 Å². The molecule has 0 unspecified atom stereocenters. The molecule has 7 heteroatoms. The molecule has 0 aliphatic heterocycles. The summed E-state index contributed by atoms with van der Waals surface area (Å²) in [5.74, 6) is -2.15. The van der Waals surface area contributed by atoms with Crippen molar-refractivity contribution in [2.75, 3.05) is 0 Å². The first kappa shape index (κ1) is 11.6. The van der Waals surface area contributed by atoms with E-state index in [0.29, 0.717) is 0 Å². The molecule has 0 bridgehead atoms. The van der Waals surface area contributed by atoms with Gasteiger partial charge in [-0.2, -0.15) is 0 Å². The number of hydrogen-bond donors (Lipinski definition) is 2. The molecule has 1 heterocycles. The van der Waals surface area contributed by atoms with Gasteiger partial charge in [0.15, 0.2) is 11.5 Å². The maximum atomic E-state index is 13.1. The zero-order valence-corrected chi connectivity index (χ0v) is 9.73. The van der Waals surface area contributed by atoms with Gasteiger partial charge in [-0.25, -0.2) is 9.18 Å². The SMILES string of the molecule is O=C(O)c1cc(-c2cc(F)cc(Br)c2O)on1. The molecule has 2 rings (SSSR count). The summed E-state index contributed by atoms with van der Waals surface area (Å²) in [7, 11) is 0. The van der Waals surface area contributed by atoms with Gasteiger partial charge in [0.05, 0.1) is 10.0 Å². The maximum Gasteiger partial charge on any atom is 0.358 e. The van der Waals surface area contributed by atoms with Gasteiger partial charge in [-0.15, -0.1) is 0 Å². The Labute approximate surface area is 103 Å². The average molecular weight is 302 g/mol. The van der Waals surface area contributed by atoms with Crippen LogP contribution in [-0.2, 0) is 0 Å². The Morgan fingerprint density at radius 3 is 2.71 bits per heavy atom. The van der Waals surface area contributed by atoms with Crippen LogP contribution in [-0.4, -0.2) is 21.3 Å².